The fourth-order valence-corrected chi connectivity index (χ4v) is 13.1. The minimum Gasteiger partial charge on any atom is -0.445 e. The third-order valence-corrected chi connectivity index (χ3v) is 19.0. The number of methoxy groups -OCH3 is 2. The number of amides is 12. The van der Waals surface area contributed by atoms with Crippen LogP contribution in [0.5, 0.6) is 0 Å². The molecular weight excluding hydrogens is 1260 g/mol. The van der Waals surface area contributed by atoms with Crippen molar-refractivity contribution in [2.75, 3.05) is 53.3 Å². The number of imide groups is 1. The number of hydrogen-bond acceptors (Lipinski definition) is 16. The van der Waals surface area contributed by atoms with Crippen molar-refractivity contribution in [3.8, 4) is 0 Å². The molecule has 0 saturated carbocycles. The fourth-order valence-electron chi connectivity index (χ4n) is 12.4. The molecule has 0 radical (unpaired) electrons. The largest absolute Gasteiger partial charge is 0.445 e. The van der Waals surface area contributed by atoms with E-state index in [1.54, 1.807) is 82.1 Å². The number of urea groups is 1. The Balaban J connectivity index is 1.18. The number of benzene rings is 2. The molecule has 27 heteroatoms. The molecule has 5 rings (SSSR count). The summed E-state index contributed by atoms with van der Waals surface area (Å²) in [5.74, 6) is -5.80. The lowest BCUT2D eigenvalue weighted by atomic mass is 9.89. The number of thiazole rings is 1. The van der Waals surface area contributed by atoms with Gasteiger partial charge in [-0.1, -0.05) is 118 Å². The number of nitrogens with one attached hydrogen (secondary N) is 6. The lowest BCUT2D eigenvalue weighted by Crippen LogP contribution is -2.60. The summed E-state index contributed by atoms with van der Waals surface area (Å²) in [6.45, 7) is 17.0. The van der Waals surface area contributed by atoms with Gasteiger partial charge in [0, 0.05) is 83.8 Å². The van der Waals surface area contributed by atoms with E-state index in [2.05, 4.69) is 36.9 Å². The maximum atomic E-state index is 14.9. The predicted octanol–water partition coefficient (Wildman–Crippen LogP) is 6.40. The molecular formula is C70H104N12O14S. The summed E-state index contributed by atoms with van der Waals surface area (Å²) in [6, 6.07) is 9.87. The number of rotatable bonds is 39. The minimum atomic E-state index is -1.11. The highest BCUT2D eigenvalue weighted by molar-refractivity contribution is 7.09. The van der Waals surface area contributed by atoms with Crippen LogP contribution in [0.3, 0.4) is 0 Å². The van der Waals surface area contributed by atoms with Crippen LogP contribution in [-0.4, -0.2) is 186 Å². The summed E-state index contributed by atoms with van der Waals surface area (Å²) in [7, 11) is 6.16. The molecule has 2 aliphatic heterocycles. The van der Waals surface area contributed by atoms with E-state index in [1.807, 2.05) is 70.3 Å². The van der Waals surface area contributed by atoms with Gasteiger partial charge in [-0.2, -0.15) is 0 Å². The molecule has 3 heterocycles. The molecule has 1 fully saturated rings. The van der Waals surface area contributed by atoms with Crippen LogP contribution in [0.25, 0.3) is 0 Å². The highest BCUT2D eigenvalue weighted by atomic mass is 32.1. The Morgan fingerprint density at radius 3 is 1.99 bits per heavy atom. The molecule has 0 aliphatic carbocycles. The van der Waals surface area contributed by atoms with Crippen LogP contribution in [0.4, 0.5) is 15.3 Å². The molecule has 0 spiro atoms. The number of hydrogen-bond donors (Lipinski definition) is 7. The Morgan fingerprint density at radius 1 is 0.732 bits per heavy atom. The highest BCUT2D eigenvalue weighted by Gasteiger charge is 2.44. The number of likely N-dealkylation sites (tertiary alicyclic amines) is 1. The topological polar surface area (TPSA) is 340 Å². The number of carbonyl (C=O) groups is 11. The van der Waals surface area contributed by atoms with Gasteiger partial charge >= 0.3 is 12.1 Å². The highest BCUT2D eigenvalue weighted by Crippen LogP contribution is 2.31. The number of anilines is 1. The first-order chi connectivity index (χ1) is 46.1. The molecule has 2 aliphatic rings. The molecule has 8 N–H and O–H groups in total. The average molecular weight is 1370 g/mol. The van der Waals surface area contributed by atoms with E-state index in [0.717, 1.165) is 15.5 Å². The lowest BCUT2D eigenvalue weighted by Gasteiger charge is -2.41. The minimum absolute atomic E-state index is 0.0756. The Morgan fingerprint density at radius 2 is 1.40 bits per heavy atom. The van der Waals surface area contributed by atoms with Crippen molar-refractivity contribution < 1.29 is 67.0 Å². The van der Waals surface area contributed by atoms with E-state index in [1.165, 1.54) is 42.5 Å². The summed E-state index contributed by atoms with van der Waals surface area (Å²) in [4.78, 5) is 158. The summed E-state index contributed by atoms with van der Waals surface area (Å²) in [5, 5.41) is 19.6. The number of likely N-dealkylation sites (N-methyl/N-ethyl adjacent to an activating group) is 2. The van der Waals surface area contributed by atoms with Crippen LogP contribution in [0.15, 0.2) is 78.3 Å². The van der Waals surface area contributed by atoms with Gasteiger partial charge < -0.3 is 61.6 Å². The van der Waals surface area contributed by atoms with Crippen LogP contribution in [0.2, 0.25) is 0 Å². The van der Waals surface area contributed by atoms with Gasteiger partial charge in [0.1, 0.15) is 35.8 Å². The quantitative estimate of drug-likeness (QED) is 0.0240. The van der Waals surface area contributed by atoms with Crippen molar-refractivity contribution in [3.05, 3.63) is 94.5 Å². The monoisotopic (exact) mass is 1370 g/mol. The van der Waals surface area contributed by atoms with Gasteiger partial charge in [-0.3, -0.25) is 53.0 Å². The first kappa shape index (κ1) is 79.4. The zero-order valence-corrected chi connectivity index (χ0v) is 59.4. The number of ether oxygens (including phenoxy) is 3. The smallest absolute Gasteiger partial charge is 0.410 e. The van der Waals surface area contributed by atoms with Crippen LogP contribution in [0, 0.1) is 29.6 Å². The molecule has 0 bridgehead atoms. The number of carbonyl (C=O) groups excluding carboxylic acids is 11. The van der Waals surface area contributed by atoms with Crippen molar-refractivity contribution in [2.24, 2.45) is 35.3 Å². The van der Waals surface area contributed by atoms with Gasteiger partial charge in [0.15, 0.2) is 0 Å². The summed E-state index contributed by atoms with van der Waals surface area (Å²) in [5.41, 5.74) is 7.17. The summed E-state index contributed by atoms with van der Waals surface area (Å²) in [6.07, 6.45) is 6.28. The normalized spacial score (nSPS) is 16.9. The maximum Gasteiger partial charge on any atom is 0.410 e. The van der Waals surface area contributed by atoms with Gasteiger partial charge in [0.05, 0.1) is 42.7 Å². The number of aromatic nitrogens is 1. The van der Waals surface area contributed by atoms with E-state index < -0.39 is 102 Å². The standard InChI is InChI=1S/C70H104N12O14S/c1-14-45(8)61(53(94-12)40-57(86)81-37-22-26-52(81)62(95-13)46(9)63(87)76-51(67-72-35-38-97-67)39-47-23-17-15-18-24-47)79(10)68(91)59(43(4)5)78-66(90)60(44(6)7)80(11)70(93)96-41-48-28-30-49(31-29-48)74-64(88)50(25-21-34-73-69(71)92)75-65(89)58(42(2)3)77-54(83)27-19-16-20-36-82-55(84)32-33-56(82)85/h15,17-18,23-24,28-33,35,38,42-46,50-53,58-62H,14,16,19-22,25-27,34,36-37,39-41H2,1-13H3,(H,74,88)(H,75,89)(H,76,87)(H,77,83)(H,78,90)(H3,71,73,92)/t45-,46+,50-,51-,52?,53+,58-,59-,60-,61-,62+/m0/s1. The molecule has 1 aromatic heterocycles. The van der Waals surface area contributed by atoms with Crippen molar-refractivity contribution in [3.63, 3.8) is 0 Å². The van der Waals surface area contributed by atoms with E-state index in [9.17, 15) is 52.7 Å². The first-order valence-corrected chi connectivity index (χ1v) is 34.6. The molecule has 1 saturated heterocycles. The Bertz CT molecular complexity index is 3120. The predicted molar refractivity (Wildman–Crippen MR) is 368 cm³/mol. The van der Waals surface area contributed by atoms with E-state index in [0.29, 0.717) is 62.7 Å². The molecule has 97 heavy (non-hydrogen) atoms. The van der Waals surface area contributed by atoms with E-state index in [-0.39, 0.29) is 92.8 Å². The van der Waals surface area contributed by atoms with Crippen molar-refractivity contribution in [1.82, 2.24) is 51.2 Å². The molecule has 11 atom stereocenters. The molecule has 1 unspecified atom stereocenters. The van der Waals surface area contributed by atoms with Gasteiger partial charge in [0.25, 0.3) is 11.8 Å². The molecule has 3 aromatic rings. The van der Waals surface area contributed by atoms with Crippen LogP contribution in [-0.2, 0) is 70.4 Å². The third-order valence-electron chi connectivity index (χ3n) is 18.1. The zero-order valence-electron chi connectivity index (χ0n) is 58.6. The Labute approximate surface area is 575 Å². The molecule has 2 aromatic carbocycles. The van der Waals surface area contributed by atoms with Crippen molar-refractivity contribution >= 4 is 82.3 Å². The first-order valence-electron chi connectivity index (χ1n) is 33.7. The fraction of sp³-hybridized carbons (Fsp3) is 0.600. The zero-order chi connectivity index (χ0) is 71.6. The van der Waals surface area contributed by atoms with Crippen LogP contribution >= 0.6 is 11.3 Å². The summed E-state index contributed by atoms with van der Waals surface area (Å²) < 4.78 is 17.9. The number of nitrogens with zero attached hydrogens (tertiary/aromatic N) is 5. The van der Waals surface area contributed by atoms with Crippen molar-refractivity contribution in [1.29, 1.82) is 0 Å². The molecule has 534 valence electrons. The van der Waals surface area contributed by atoms with Crippen molar-refractivity contribution in [2.45, 2.75) is 194 Å². The van der Waals surface area contributed by atoms with E-state index in [4.69, 9.17) is 19.9 Å². The summed E-state index contributed by atoms with van der Waals surface area (Å²) >= 11 is 1.47. The SMILES string of the molecule is CC[C@H](C)[C@@H]([C@@H](CC(=O)N1CCCC1[C@H](OC)[C@@H](C)C(=O)N[C@@H](Cc1ccccc1)c1nccs1)OC)N(C)C(=O)[C@@H](NC(=O)[C@H](C(C)C)N(C)C(=O)OCc1ccc(NC(=O)[C@H](CCCNC(N)=O)NC(=O)[C@@H](NC(=O)CCCCCN2C(=O)C=CC2=O)C(C)C)cc1)C(C)C. The second-order valence-corrected chi connectivity index (χ2v) is 27.2. The maximum absolute atomic E-state index is 14.9. The lowest BCUT2D eigenvalue weighted by molar-refractivity contribution is -0.148. The Hall–Kier alpha value is -8.30. The second kappa shape index (κ2) is 39.2. The molecule has 26 nitrogen and oxygen atoms in total. The number of primary amides is 1. The van der Waals surface area contributed by atoms with Crippen LogP contribution < -0.4 is 37.6 Å². The van der Waals surface area contributed by atoms with Gasteiger partial charge in [-0.15, -0.1) is 11.3 Å². The Kier molecular flexibility index (Phi) is 32.1. The average Bonchev–Trinajstić information content (AvgIpc) is 1.80. The number of unbranched alkanes of at least 4 members (excludes halogenated alkanes) is 2. The van der Waals surface area contributed by atoms with E-state index >= 15 is 0 Å². The van der Waals surface area contributed by atoms with Crippen LogP contribution in [0.1, 0.15) is 149 Å². The second-order valence-electron chi connectivity index (χ2n) is 26.2. The van der Waals surface area contributed by atoms with Gasteiger partial charge in [-0.05, 0) is 91.9 Å². The number of nitrogens with two attached hydrogens (primary N) is 1. The van der Waals surface area contributed by atoms with Gasteiger partial charge in [0.2, 0.25) is 41.4 Å². The third kappa shape index (κ3) is 23.5. The molecule has 12 amide bonds. The van der Waals surface area contributed by atoms with Gasteiger partial charge in [-0.25, -0.2) is 14.6 Å².